The Bertz CT molecular complexity index is 1760. The van der Waals surface area contributed by atoms with Gasteiger partial charge in [-0.25, -0.2) is 4.79 Å². The molecule has 0 aliphatic carbocycles. The SMILES string of the molecule is Cc1c(Cc2ccccc2)c(=O)oc2cc(OCC(=O)N3CC4C[C@@H](C3)Cn3c4ccc([N+](=O)[O-])c3=O)ccc12. The molecule has 0 radical (unpaired) electrons. The molecule has 0 saturated carbocycles. The highest BCUT2D eigenvalue weighted by atomic mass is 16.6. The standard InChI is InChI=1S/C30H27N3O7/c1-18-23-8-7-22(13-27(23)40-30(36)24(18)12-19-5-3-2-4-6-19)39-17-28(34)31-14-20-11-21(16-31)25-9-10-26(33(37)38)29(35)32(25)15-20/h2-10,13,20-21H,11-12,14-17H2,1H3/t20-,21?/m0/s1. The van der Waals surface area contributed by atoms with Crippen LogP contribution in [0.3, 0.4) is 0 Å². The van der Waals surface area contributed by atoms with E-state index in [2.05, 4.69) is 0 Å². The molecule has 2 aliphatic heterocycles. The van der Waals surface area contributed by atoms with Crippen LogP contribution >= 0.6 is 0 Å². The van der Waals surface area contributed by atoms with Gasteiger partial charge in [0.25, 0.3) is 5.91 Å². The molecule has 2 bridgehead atoms. The maximum absolute atomic E-state index is 13.1. The van der Waals surface area contributed by atoms with Gasteiger partial charge in [0.1, 0.15) is 11.3 Å². The van der Waals surface area contributed by atoms with E-state index >= 15 is 0 Å². The van der Waals surface area contributed by atoms with Gasteiger partial charge in [-0.3, -0.25) is 19.7 Å². The summed E-state index contributed by atoms with van der Waals surface area (Å²) in [4.78, 5) is 50.7. The number of piperidine rings is 1. The second-order valence-electron chi connectivity index (χ2n) is 10.5. The quantitative estimate of drug-likeness (QED) is 0.207. The molecule has 40 heavy (non-hydrogen) atoms. The maximum Gasteiger partial charge on any atom is 0.340 e. The molecule has 4 heterocycles. The Hall–Kier alpha value is -4.73. The molecule has 10 nitrogen and oxygen atoms in total. The molecular weight excluding hydrogens is 514 g/mol. The highest BCUT2D eigenvalue weighted by Gasteiger charge is 2.37. The fourth-order valence-electron chi connectivity index (χ4n) is 5.98. The zero-order chi connectivity index (χ0) is 28.0. The van der Waals surface area contributed by atoms with Crippen molar-refractivity contribution in [2.45, 2.75) is 32.2 Å². The van der Waals surface area contributed by atoms with Gasteiger partial charge >= 0.3 is 16.9 Å². The Morgan fingerprint density at radius 2 is 1.88 bits per heavy atom. The van der Waals surface area contributed by atoms with E-state index in [1.807, 2.05) is 43.3 Å². The first kappa shape index (κ1) is 25.5. The minimum absolute atomic E-state index is 0.0258. The van der Waals surface area contributed by atoms with Gasteiger partial charge in [0, 0.05) is 60.7 Å². The number of amides is 1. The van der Waals surface area contributed by atoms with Crippen molar-refractivity contribution in [3.05, 3.63) is 114 Å². The van der Waals surface area contributed by atoms with Crippen LogP contribution in [0.25, 0.3) is 11.0 Å². The molecule has 2 aliphatic rings. The van der Waals surface area contributed by atoms with Gasteiger partial charge in [-0.2, -0.15) is 0 Å². The topological polar surface area (TPSA) is 125 Å². The van der Waals surface area contributed by atoms with Crippen LogP contribution < -0.4 is 15.9 Å². The molecule has 0 spiro atoms. The number of hydrogen-bond acceptors (Lipinski definition) is 7. The van der Waals surface area contributed by atoms with Crippen molar-refractivity contribution in [1.82, 2.24) is 9.47 Å². The number of carbonyl (C=O) groups excluding carboxylic acids is 1. The van der Waals surface area contributed by atoms with Crippen LogP contribution in [0, 0.1) is 23.0 Å². The summed E-state index contributed by atoms with van der Waals surface area (Å²) < 4.78 is 12.9. The Labute approximate surface area is 228 Å². The molecule has 10 heteroatoms. The Kier molecular flexibility index (Phi) is 6.45. The lowest BCUT2D eigenvalue weighted by Gasteiger charge is -2.42. The van der Waals surface area contributed by atoms with Gasteiger partial charge in [0.2, 0.25) is 0 Å². The molecule has 204 valence electrons. The number of rotatable bonds is 6. The predicted molar refractivity (Wildman–Crippen MR) is 147 cm³/mol. The van der Waals surface area contributed by atoms with Gasteiger partial charge in [-0.05, 0) is 48.6 Å². The Balaban J connectivity index is 1.15. The van der Waals surface area contributed by atoms with Gasteiger partial charge in [0.15, 0.2) is 6.61 Å². The summed E-state index contributed by atoms with van der Waals surface area (Å²) >= 11 is 0. The average molecular weight is 542 g/mol. The number of aromatic nitrogens is 1. The number of pyridine rings is 1. The fourth-order valence-corrected chi connectivity index (χ4v) is 5.98. The second kappa shape index (κ2) is 10.1. The monoisotopic (exact) mass is 541 g/mol. The van der Waals surface area contributed by atoms with Crippen molar-refractivity contribution >= 4 is 22.6 Å². The van der Waals surface area contributed by atoms with Crippen LogP contribution in [0.5, 0.6) is 5.75 Å². The molecular formula is C30H27N3O7. The van der Waals surface area contributed by atoms with Crippen LogP contribution in [0.4, 0.5) is 5.69 Å². The molecule has 1 saturated heterocycles. The number of carbonyl (C=O) groups is 1. The lowest BCUT2D eigenvalue weighted by atomic mass is 9.83. The lowest BCUT2D eigenvalue weighted by molar-refractivity contribution is -0.386. The molecule has 2 atom stereocenters. The highest BCUT2D eigenvalue weighted by molar-refractivity contribution is 5.83. The number of nitrogens with zero attached hydrogens (tertiary/aromatic N) is 3. The molecule has 4 aromatic rings. The summed E-state index contributed by atoms with van der Waals surface area (Å²) in [5, 5.41) is 12.0. The third-order valence-corrected chi connectivity index (χ3v) is 7.98. The van der Waals surface area contributed by atoms with Crippen molar-refractivity contribution in [3.8, 4) is 5.75 Å². The smallest absolute Gasteiger partial charge is 0.340 e. The van der Waals surface area contributed by atoms with E-state index in [-0.39, 0.29) is 24.3 Å². The third kappa shape index (κ3) is 4.66. The zero-order valence-corrected chi connectivity index (χ0v) is 21.9. The molecule has 0 N–H and O–H groups in total. The summed E-state index contributed by atoms with van der Waals surface area (Å²) in [6.07, 6.45) is 1.29. The van der Waals surface area contributed by atoms with Gasteiger partial charge < -0.3 is 18.6 Å². The molecule has 6 rings (SSSR count). The van der Waals surface area contributed by atoms with Crippen LogP contribution in [-0.4, -0.2) is 40.0 Å². The van der Waals surface area contributed by atoms with Crippen LogP contribution in [0.2, 0.25) is 0 Å². The lowest BCUT2D eigenvalue weighted by Crippen LogP contribution is -2.50. The number of fused-ring (bicyclic) bond motifs is 5. The number of nitro groups is 1. The van der Waals surface area contributed by atoms with Crippen LogP contribution in [-0.2, 0) is 17.8 Å². The summed E-state index contributed by atoms with van der Waals surface area (Å²) in [6.45, 7) is 2.91. The second-order valence-corrected chi connectivity index (χ2v) is 10.5. The van der Waals surface area contributed by atoms with Crippen molar-refractivity contribution in [3.63, 3.8) is 0 Å². The van der Waals surface area contributed by atoms with E-state index < -0.39 is 21.8 Å². The van der Waals surface area contributed by atoms with Gasteiger partial charge in [0.05, 0.1) is 4.92 Å². The minimum atomic E-state index is -0.657. The predicted octanol–water partition coefficient (Wildman–Crippen LogP) is 3.79. The average Bonchev–Trinajstić information content (AvgIpc) is 2.94. The van der Waals surface area contributed by atoms with E-state index in [1.165, 1.54) is 10.6 Å². The molecule has 1 unspecified atom stereocenters. The van der Waals surface area contributed by atoms with E-state index in [9.17, 15) is 24.5 Å². The van der Waals surface area contributed by atoms with E-state index in [1.54, 1.807) is 23.1 Å². The summed E-state index contributed by atoms with van der Waals surface area (Å²) in [7, 11) is 0. The number of ether oxygens (including phenoxy) is 1. The first-order chi connectivity index (χ1) is 19.3. The van der Waals surface area contributed by atoms with Crippen molar-refractivity contribution in [2.75, 3.05) is 19.7 Å². The third-order valence-electron chi connectivity index (χ3n) is 7.98. The maximum atomic E-state index is 13.1. The largest absolute Gasteiger partial charge is 0.484 e. The van der Waals surface area contributed by atoms with E-state index in [4.69, 9.17) is 9.15 Å². The van der Waals surface area contributed by atoms with Gasteiger partial charge in [-0.15, -0.1) is 0 Å². The molecule has 2 aromatic carbocycles. The summed E-state index contributed by atoms with van der Waals surface area (Å²) in [5.74, 6) is 0.176. The Morgan fingerprint density at radius 1 is 1.07 bits per heavy atom. The normalized spacial score (nSPS) is 17.9. The number of benzene rings is 2. The molecule has 2 aromatic heterocycles. The van der Waals surface area contributed by atoms with Crippen LogP contribution in [0.1, 0.15) is 34.7 Å². The highest BCUT2D eigenvalue weighted by Crippen LogP contribution is 2.35. The Morgan fingerprint density at radius 3 is 2.65 bits per heavy atom. The number of likely N-dealkylation sites (tertiary alicyclic amines) is 1. The van der Waals surface area contributed by atoms with Crippen LogP contribution in [0.15, 0.2) is 74.7 Å². The molecule has 1 fully saturated rings. The van der Waals surface area contributed by atoms with Gasteiger partial charge in [-0.1, -0.05) is 30.3 Å². The first-order valence-electron chi connectivity index (χ1n) is 13.2. The van der Waals surface area contributed by atoms with E-state index in [0.717, 1.165) is 28.6 Å². The summed E-state index contributed by atoms with van der Waals surface area (Å²) in [6, 6.07) is 17.8. The number of aryl methyl sites for hydroxylation is 1. The zero-order valence-electron chi connectivity index (χ0n) is 21.9. The first-order valence-corrected chi connectivity index (χ1v) is 13.2. The fraction of sp³-hybridized carbons (Fsp3) is 0.300. The van der Waals surface area contributed by atoms with Crippen molar-refractivity contribution in [2.24, 2.45) is 5.92 Å². The van der Waals surface area contributed by atoms with Crippen molar-refractivity contribution < 1.29 is 18.9 Å². The summed E-state index contributed by atoms with van der Waals surface area (Å²) in [5.41, 5.74) is 2.18. The molecule has 1 amide bonds. The van der Waals surface area contributed by atoms with E-state index in [0.29, 0.717) is 43.0 Å². The minimum Gasteiger partial charge on any atom is -0.484 e. The number of hydrogen-bond donors (Lipinski definition) is 0. The van der Waals surface area contributed by atoms with Crippen molar-refractivity contribution in [1.29, 1.82) is 0 Å².